The van der Waals surface area contributed by atoms with Gasteiger partial charge in [-0.3, -0.25) is 4.79 Å². The number of hydrogen-bond acceptors (Lipinski definition) is 4. The minimum absolute atomic E-state index is 0.142. The first-order chi connectivity index (χ1) is 6.20. The van der Waals surface area contributed by atoms with Gasteiger partial charge in [0.15, 0.2) is 0 Å². The third kappa shape index (κ3) is 8.12. The standard InChI is InChI=1S/C9H18O3S/c1-4-12-5-6-13-8(2)7-9(10)11-3/h8H,4-7H2,1-3H3. The number of hydrogen-bond donors (Lipinski definition) is 0. The van der Waals surface area contributed by atoms with Gasteiger partial charge in [0, 0.05) is 17.6 Å². The highest BCUT2D eigenvalue weighted by atomic mass is 32.2. The van der Waals surface area contributed by atoms with Crippen LogP contribution in [-0.2, 0) is 14.3 Å². The predicted molar refractivity (Wildman–Crippen MR) is 55.0 cm³/mol. The van der Waals surface area contributed by atoms with Gasteiger partial charge in [0.2, 0.25) is 0 Å². The largest absolute Gasteiger partial charge is 0.469 e. The van der Waals surface area contributed by atoms with Gasteiger partial charge in [0.1, 0.15) is 0 Å². The summed E-state index contributed by atoms with van der Waals surface area (Å²) in [5.74, 6) is 0.794. The molecule has 0 N–H and O–H groups in total. The van der Waals surface area contributed by atoms with E-state index in [-0.39, 0.29) is 5.97 Å². The first kappa shape index (κ1) is 12.8. The summed E-state index contributed by atoms with van der Waals surface area (Å²) < 4.78 is 9.74. The van der Waals surface area contributed by atoms with Gasteiger partial charge in [-0.15, -0.1) is 0 Å². The number of ether oxygens (including phenoxy) is 2. The Morgan fingerprint density at radius 2 is 2.23 bits per heavy atom. The van der Waals surface area contributed by atoms with E-state index in [0.29, 0.717) is 11.7 Å². The fourth-order valence-electron chi connectivity index (χ4n) is 0.830. The van der Waals surface area contributed by atoms with Crippen molar-refractivity contribution >= 4 is 17.7 Å². The Bertz CT molecular complexity index is 139. The second kappa shape index (κ2) is 8.38. The van der Waals surface area contributed by atoms with Crippen molar-refractivity contribution in [3.63, 3.8) is 0 Å². The Kier molecular flexibility index (Phi) is 8.24. The van der Waals surface area contributed by atoms with E-state index >= 15 is 0 Å². The Hall–Kier alpha value is -0.220. The molecule has 0 fully saturated rings. The summed E-state index contributed by atoms with van der Waals surface area (Å²) in [4.78, 5) is 10.8. The maximum Gasteiger partial charge on any atom is 0.306 e. The second-order valence-corrected chi connectivity index (χ2v) is 4.20. The van der Waals surface area contributed by atoms with Gasteiger partial charge >= 0.3 is 5.97 Å². The molecule has 13 heavy (non-hydrogen) atoms. The van der Waals surface area contributed by atoms with Crippen molar-refractivity contribution in [2.75, 3.05) is 26.1 Å². The molecule has 0 aliphatic carbocycles. The number of esters is 1. The normalized spacial score (nSPS) is 12.5. The first-order valence-corrected chi connectivity index (χ1v) is 5.51. The van der Waals surface area contributed by atoms with Crippen molar-refractivity contribution in [2.45, 2.75) is 25.5 Å². The van der Waals surface area contributed by atoms with Gasteiger partial charge in [-0.2, -0.15) is 11.8 Å². The highest BCUT2D eigenvalue weighted by Gasteiger charge is 2.08. The van der Waals surface area contributed by atoms with Gasteiger partial charge < -0.3 is 9.47 Å². The van der Waals surface area contributed by atoms with E-state index < -0.39 is 0 Å². The SMILES string of the molecule is CCOCCSC(C)CC(=O)OC. The lowest BCUT2D eigenvalue weighted by Gasteiger charge is -2.09. The molecule has 0 aromatic carbocycles. The quantitative estimate of drug-likeness (QED) is 0.469. The van der Waals surface area contributed by atoms with E-state index in [2.05, 4.69) is 4.74 Å². The van der Waals surface area contributed by atoms with E-state index in [0.717, 1.165) is 19.0 Å². The van der Waals surface area contributed by atoms with Crippen molar-refractivity contribution < 1.29 is 14.3 Å². The number of rotatable bonds is 7. The Morgan fingerprint density at radius 1 is 1.54 bits per heavy atom. The van der Waals surface area contributed by atoms with Gasteiger partial charge in [0.05, 0.1) is 20.1 Å². The summed E-state index contributed by atoms with van der Waals surface area (Å²) in [7, 11) is 1.42. The second-order valence-electron chi connectivity index (χ2n) is 2.66. The molecule has 0 saturated carbocycles. The zero-order valence-corrected chi connectivity index (χ0v) is 9.36. The molecule has 0 aliphatic heterocycles. The Labute approximate surface area is 84.2 Å². The molecule has 0 amide bonds. The van der Waals surface area contributed by atoms with Crippen LogP contribution in [0.4, 0.5) is 0 Å². The molecule has 0 saturated heterocycles. The third-order valence-corrected chi connectivity index (χ3v) is 2.65. The monoisotopic (exact) mass is 206 g/mol. The molecule has 3 nitrogen and oxygen atoms in total. The fraction of sp³-hybridized carbons (Fsp3) is 0.889. The van der Waals surface area contributed by atoms with Crippen LogP contribution < -0.4 is 0 Å². The van der Waals surface area contributed by atoms with Crippen LogP contribution in [0.2, 0.25) is 0 Å². The number of carbonyl (C=O) groups is 1. The van der Waals surface area contributed by atoms with Crippen LogP contribution >= 0.6 is 11.8 Å². The van der Waals surface area contributed by atoms with Crippen molar-refractivity contribution in [1.29, 1.82) is 0 Å². The van der Waals surface area contributed by atoms with E-state index in [9.17, 15) is 4.79 Å². The summed E-state index contributed by atoms with van der Waals surface area (Å²) in [6, 6.07) is 0. The van der Waals surface area contributed by atoms with Crippen LogP contribution in [0.3, 0.4) is 0 Å². The smallest absolute Gasteiger partial charge is 0.306 e. The van der Waals surface area contributed by atoms with E-state index in [1.54, 1.807) is 11.8 Å². The molecule has 1 unspecified atom stereocenters. The lowest BCUT2D eigenvalue weighted by atomic mass is 10.3. The van der Waals surface area contributed by atoms with E-state index in [4.69, 9.17) is 4.74 Å². The lowest BCUT2D eigenvalue weighted by Crippen LogP contribution is -2.10. The minimum Gasteiger partial charge on any atom is -0.469 e. The molecular weight excluding hydrogens is 188 g/mol. The molecule has 0 bridgehead atoms. The topological polar surface area (TPSA) is 35.5 Å². The van der Waals surface area contributed by atoms with Crippen LogP contribution in [-0.4, -0.2) is 37.3 Å². The molecule has 4 heteroatoms. The van der Waals surface area contributed by atoms with E-state index in [1.165, 1.54) is 7.11 Å². The van der Waals surface area contributed by atoms with Crippen LogP contribution in [0.25, 0.3) is 0 Å². The predicted octanol–water partition coefficient (Wildman–Crippen LogP) is 1.71. The molecular formula is C9H18O3S. The van der Waals surface area contributed by atoms with Crippen LogP contribution in [0, 0.1) is 0 Å². The summed E-state index contributed by atoms with van der Waals surface area (Å²) in [5.41, 5.74) is 0. The molecule has 0 spiro atoms. The maximum absolute atomic E-state index is 10.8. The summed E-state index contributed by atoms with van der Waals surface area (Å²) in [6.45, 7) is 5.51. The van der Waals surface area contributed by atoms with Gasteiger partial charge in [-0.05, 0) is 6.92 Å². The molecule has 78 valence electrons. The Morgan fingerprint density at radius 3 is 2.77 bits per heavy atom. The Balaban J connectivity index is 3.29. The molecule has 0 aromatic rings. The summed E-state index contributed by atoms with van der Waals surface area (Å²) in [5, 5.41) is 0.313. The van der Waals surface area contributed by atoms with Crippen molar-refractivity contribution in [3.05, 3.63) is 0 Å². The van der Waals surface area contributed by atoms with Crippen molar-refractivity contribution in [3.8, 4) is 0 Å². The van der Waals surface area contributed by atoms with Gasteiger partial charge in [0.25, 0.3) is 0 Å². The third-order valence-electron chi connectivity index (χ3n) is 1.52. The summed E-state index contributed by atoms with van der Waals surface area (Å²) >= 11 is 1.73. The zero-order chi connectivity index (χ0) is 10.1. The minimum atomic E-state index is -0.142. The maximum atomic E-state index is 10.8. The van der Waals surface area contributed by atoms with Crippen LogP contribution in [0.5, 0.6) is 0 Å². The van der Waals surface area contributed by atoms with Crippen molar-refractivity contribution in [2.24, 2.45) is 0 Å². The first-order valence-electron chi connectivity index (χ1n) is 4.46. The number of methoxy groups -OCH3 is 1. The van der Waals surface area contributed by atoms with Crippen molar-refractivity contribution in [1.82, 2.24) is 0 Å². The summed E-state index contributed by atoms with van der Waals surface area (Å²) in [6.07, 6.45) is 0.479. The number of carbonyl (C=O) groups excluding carboxylic acids is 1. The highest BCUT2D eigenvalue weighted by Crippen LogP contribution is 2.13. The average Bonchev–Trinajstić information content (AvgIpc) is 2.12. The lowest BCUT2D eigenvalue weighted by molar-refractivity contribution is -0.140. The molecule has 0 aliphatic rings. The van der Waals surface area contributed by atoms with Crippen LogP contribution in [0.1, 0.15) is 20.3 Å². The number of thioether (sulfide) groups is 1. The molecule has 0 rings (SSSR count). The molecule has 0 aromatic heterocycles. The highest BCUT2D eigenvalue weighted by molar-refractivity contribution is 7.99. The van der Waals surface area contributed by atoms with Gasteiger partial charge in [-0.1, -0.05) is 6.92 Å². The molecule has 0 heterocycles. The molecule has 0 radical (unpaired) electrons. The fourth-order valence-corrected chi connectivity index (χ4v) is 1.70. The van der Waals surface area contributed by atoms with Gasteiger partial charge in [-0.25, -0.2) is 0 Å². The molecule has 1 atom stereocenters. The van der Waals surface area contributed by atoms with Crippen LogP contribution in [0.15, 0.2) is 0 Å². The average molecular weight is 206 g/mol. The zero-order valence-electron chi connectivity index (χ0n) is 8.54. The van der Waals surface area contributed by atoms with E-state index in [1.807, 2.05) is 13.8 Å².